The van der Waals surface area contributed by atoms with Gasteiger partial charge >= 0.3 is 0 Å². The van der Waals surface area contributed by atoms with E-state index >= 15 is 0 Å². The molecule has 4 nitrogen and oxygen atoms in total. The summed E-state index contributed by atoms with van der Waals surface area (Å²) in [6, 6.07) is 7.86. The van der Waals surface area contributed by atoms with Gasteiger partial charge in [-0.05, 0) is 19.1 Å². The lowest BCUT2D eigenvalue weighted by Gasteiger charge is -2.06. The molecule has 3 rings (SSSR count). The number of hydrogen-bond donors (Lipinski definition) is 0. The number of imidazole rings is 1. The highest BCUT2D eigenvalue weighted by atomic mass is 35.5. The SMILES string of the molecule is Cc1nc(Cn2c(CCCl)nc3c(C#N)cccc32)cs1. The van der Waals surface area contributed by atoms with Gasteiger partial charge in [-0.1, -0.05) is 6.07 Å². The van der Waals surface area contributed by atoms with Gasteiger partial charge in [0, 0.05) is 17.7 Å². The molecule has 0 atom stereocenters. The molecule has 2 aromatic heterocycles. The van der Waals surface area contributed by atoms with E-state index in [0.29, 0.717) is 24.4 Å². The van der Waals surface area contributed by atoms with E-state index in [9.17, 15) is 5.26 Å². The van der Waals surface area contributed by atoms with Crippen molar-refractivity contribution in [1.82, 2.24) is 14.5 Å². The average Bonchev–Trinajstić information content (AvgIpc) is 3.04. The number of thiazole rings is 1. The number of aryl methyl sites for hydroxylation is 2. The molecule has 106 valence electrons. The van der Waals surface area contributed by atoms with Gasteiger partial charge in [0.05, 0.1) is 28.3 Å². The van der Waals surface area contributed by atoms with Crippen molar-refractivity contribution in [2.75, 3.05) is 5.88 Å². The lowest BCUT2D eigenvalue weighted by atomic mass is 10.2. The minimum Gasteiger partial charge on any atom is -0.322 e. The third-order valence-electron chi connectivity index (χ3n) is 3.28. The summed E-state index contributed by atoms with van der Waals surface area (Å²) in [5.41, 5.74) is 3.30. The third kappa shape index (κ3) is 2.65. The minimum absolute atomic E-state index is 0.501. The molecule has 0 radical (unpaired) electrons. The van der Waals surface area contributed by atoms with Gasteiger partial charge in [-0.2, -0.15) is 5.26 Å². The van der Waals surface area contributed by atoms with E-state index in [1.165, 1.54) is 0 Å². The smallest absolute Gasteiger partial charge is 0.111 e. The van der Waals surface area contributed by atoms with Crippen LogP contribution in [0.15, 0.2) is 23.6 Å². The largest absolute Gasteiger partial charge is 0.322 e. The summed E-state index contributed by atoms with van der Waals surface area (Å²) in [6.45, 7) is 2.65. The number of nitriles is 1. The van der Waals surface area contributed by atoms with Crippen LogP contribution in [0.2, 0.25) is 0 Å². The topological polar surface area (TPSA) is 54.5 Å². The zero-order chi connectivity index (χ0) is 14.8. The maximum Gasteiger partial charge on any atom is 0.111 e. The summed E-state index contributed by atoms with van der Waals surface area (Å²) >= 11 is 7.52. The molecule has 0 saturated heterocycles. The highest BCUT2D eigenvalue weighted by Crippen LogP contribution is 2.22. The molecule has 0 spiro atoms. The van der Waals surface area contributed by atoms with Crippen LogP contribution < -0.4 is 0 Å². The minimum atomic E-state index is 0.501. The first-order chi connectivity index (χ1) is 10.2. The van der Waals surface area contributed by atoms with E-state index in [2.05, 4.69) is 26.0 Å². The Morgan fingerprint density at radius 2 is 2.24 bits per heavy atom. The number of para-hydroxylation sites is 1. The number of aromatic nitrogens is 3. The van der Waals surface area contributed by atoms with Gasteiger partial charge in [0.15, 0.2) is 0 Å². The maximum absolute atomic E-state index is 9.22. The number of rotatable bonds is 4. The van der Waals surface area contributed by atoms with Crippen LogP contribution in [0.25, 0.3) is 11.0 Å². The Balaban J connectivity index is 2.14. The normalized spacial score (nSPS) is 10.9. The molecule has 0 unspecified atom stereocenters. The second-order valence-electron chi connectivity index (χ2n) is 4.70. The summed E-state index contributed by atoms with van der Waals surface area (Å²) in [5, 5.41) is 12.3. The van der Waals surface area contributed by atoms with Gasteiger partial charge in [-0.15, -0.1) is 22.9 Å². The first-order valence-electron chi connectivity index (χ1n) is 6.58. The van der Waals surface area contributed by atoms with E-state index in [1.54, 1.807) is 17.4 Å². The predicted molar refractivity (Wildman–Crippen MR) is 84.8 cm³/mol. The fourth-order valence-corrected chi connectivity index (χ4v) is 3.15. The molecular weight excluding hydrogens is 304 g/mol. The Labute approximate surface area is 131 Å². The van der Waals surface area contributed by atoms with Crippen LogP contribution >= 0.6 is 22.9 Å². The highest BCUT2D eigenvalue weighted by molar-refractivity contribution is 7.09. The van der Waals surface area contributed by atoms with Crippen LogP contribution in [0.3, 0.4) is 0 Å². The molecule has 6 heteroatoms. The van der Waals surface area contributed by atoms with Crippen molar-refractivity contribution in [2.24, 2.45) is 0 Å². The first-order valence-corrected chi connectivity index (χ1v) is 7.99. The second-order valence-corrected chi connectivity index (χ2v) is 6.14. The van der Waals surface area contributed by atoms with Crippen molar-refractivity contribution >= 4 is 34.0 Å². The maximum atomic E-state index is 9.22. The number of halogens is 1. The molecule has 0 fully saturated rings. The molecule has 1 aromatic carbocycles. The zero-order valence-electron chi connectivity index (χ0n) is 11.5. The molecular formula is C15H13ClN4S. The molecule has 0 bridgehead atoms. The van der Waals surface area contributed by atoms with Crippen LogP contribution in [0, 0.1) is 18.3 Å². The molecule has 0 N–H and O–H groups in total. The molecule has 0 aliphatic heterocycles. The quantitative estimate of drug-likeness (QED) is 0.692. The molecule has 21 heavy (non-hydrogen) atoms. The standard InChI is InChI=1S/C15H13ClN4S/c1-10-18-12(9-21-10)8-20-13-4-2-3-11(7-17)15(13)19-14(20)5-6-16/h2-4,9H,5-6,8H2,1H3. The van der Waals surface area contributed by atoms with E-state index < -0.39 is 0 Å². The molecule has 3 aromatic rings. The molecule has 2 heterocycles. The first kappa shape index (κ1) is 14.1. The van der Waals surface area contributed by atoms with Crippen molar-refractivity contribution in [3.63, 3.8) is 0 Å². The molecule has 0 aliphatic rings. The predicted octanol–water partition coefficient (Wildman–Crippen LogP) is 3.50. The fourth-order valence-electron chi connectivity index (χ4n) is 2.38. The van der Waals surface area contributed by atoms with Crippen LogP contribution in [-0.2, 0) is 13.0 Å². The van der Waals surface area contributed by atoms with Crippen LogP contribution in [0.4, 0.5) is 0 Å². The molecule has 0 aliphatic carbocycles. The van der Waals surface area contributed by atoms with Gasteiger partial charge in [-0.3, -0.25) is 0 Å². The number of hydrogen-bond acceptors (Lipinski definition) is 4. The third-order valence-corrected chi connectivity index (χ3v) is 4.29. The Kier molecular flexibility index (Phi) is 3.91. The van der Waals surface area contributed by atoms with Crippen molar-refractivity contribution in [3.05, 3.63) is 45.7 Å². The van der Waals surface area contributed by atoms with Crippen molar-refractivity contribution in [2.45, 2.75) is 19.9 Å². The monoisotopic (exact) mass is 316 g/mol. The summed E-state index contributed by atoms with van der Waals surface area (Å²) in [6.07, 6.45) is 0.671. The Hall–Kier alpha value is -1.90. The van der Waals surface area contributed by atoms with Crippen LogP contribution in [0.1, 0.15) is 22.1 Å². The van der Waals surface area contributed by atoms with E-state index in [-0.39, 0.29) is 0 Å². The average molecular weight is 317 g/mol. The van der Waals surface area contributed by atoms with E-state index in [4.69, 9.17) is 11.6 Å². The van der Waals surface area contributed by atoms with Gasteiger partial charge < -0.3 is 4.57 Å². The summed E-state index contributed by atoms with van der Waals surface area (Å²) < 4.78 is 2.10. The number of benzene rings is 1. The van der Waals surface area contributed by atoms with E-state index in [1.807, 2.05) is 19.1 Å². The number of nitrogens with zero attached hydrogens (tertiary/aromatic N) is 4. The summed E-state index contributed by atoms with van der Waals surface area (Å²) in [7, 11) is 0. The summed E-state index contributed by atoms with van der Waals surface area (Å²) in [4.78, 5) is 9.12. The summed E-state index contributed by atoms with van der Waals surface area (Å²) in [5.74, 6) is 1.40. The molecule has 0 amide bonds. The van der Waals surface area contributed by atoms with Gasteiger partial charge in [0.1, 0.15) is 17.4 Å². The fraction of sp³-hybridized carbons (Fsp3) is 0.267. The second kappa shape index (κ2) is 5.84. The Bertz CT molecular complexity index is 828. The Morgan fingerprint density at radius 3 is 2.90 bits per heavy atom. The lowest BCUT2D eigenvalue weighted by Crippen LogP contribution is -2.06. The molecule has 0 saturated carbocycles. The Morgan fingerprint density at radius 1 is 1.38 bits per heavy atom. The number of alkyl halides is 1. The van der Waals surface area contributed by atoms with Crippen LogP contribution in [0.5, 0.6) is 0 Å². The van der Waals surface area contributed by atoms with Gasteiger partial charge in [-0.25, -0.2) is 9.97 Å². The van der Waals surface area contributed by atoms with Gasteiger partial charge in [0.25, 0.3) is 0 Å². The highest BCUT2D eigenvalue weighted by Gasteiger charge is 2.14. The van der Waals surface area contributed by atoms with Crippen molar-refractivity contribution < 1.29 is 0 Å². The van der Waals surface area contributed by atoms with Crippen molar-refractivity contribution in [3.8, 4) is 6.07 Å². The number of fused-ring (bicyclic) bond motifs is 1. The van der Waals surface area contributed by atoms with Crippen molar-refractivity contribution in [1.29, 1.82) is 5.26 Å². The lowest BCUT2D eigenvalue weighted by molar-refractivity contribution is 0.740. The van der Waals surface area contributed by atoms with Crippen LogP contribution in [-0.4, -0.2) is 20.4 Å². The zero-order valence-corrected chi connectivity index (χ0v) is 13.1. The van der Waals surface area contributed by atoms with Gasteiger partial charge in [0.2, 0.25) is 0 Å². The van der Waals surface area contributed by atoms with E-state index in [0.717, 1.165) is 27.6 Å².